The van der Waals surface area contributed by atoms with Gasteiger partial charge in [0, 0.05) is 36.4 Å². The Kier molecular flexibility index (Phi) is 4.63. The first-order chi connectivity index (χ1) is 13.5. The topological polar surface area (TPSA) is 41.3 Å². The molecule has 4 nitrogen and oxygen atoms in total. The number of halogens is 2. The largest absolute Gasteiger partial charge is 0.388 e. The van der Waals surface area contributed by atoms with E-state index < -0.39 is 5.60 Å². The molecule has 1 N–H and O–H groups in total. The molecule has 2 aliphatic rings. The molecule has 3 aromatic rings. The highest BCUT2D eigenvalue weighted by atomic mass is 35.5. The number of pyridine rings is 1. The molecule has 5 rings (SSSR count). The lowest BCUT2D eigenvalue weighted by atomic mass is 9.85. The van der Waals surface area contributed by atoms with Crippen molar-refractivity contribution in [3.63, 3.8) is 0 Å². The zero-order valence-electron chi connectivity index (χ0n) is 15.6. The molecule has 1 unspecified atom stereocenters. The highest BCUT2D eigenvalue weighted by Gasteiger charge is 2.47. The van der Waals surface area contributed by atoms with Crippen LogP contribution in [-0.4, -0.2) is 37.2 Å². The van der Waals surface area contributed by atoms with E-state index in [0.717, 1.165) is 37.7 Å². The Hall–Kier alpha value is -1.59. The summed E-state index contributed by atoms with van der Waals surface area (Å²) in [6.45, 7) is 1.48. The molecule has 6 heteroatoms. The molecule has 0 aliphatic carbocycles. The Morgan fingerprint density at radius 3 is 2.61 bits per heavy atom. The van der Waals surface area contributed by atoms with Crippen LogP contribution in [0.5, 0.6) is 0 Å². The molecule has 2 fully saturated rings. The van der Waals surface area contributed by atoms with Crippen molar-refractivity contribution in [1.29, 1.82) is 0 Å². The van der Waals surface area contributed by atoms with Crippen LogP contribution in [0.4, 0.5) is 0 Å². The SMILES string of the molecule is OC1(Cn2ccc3ccncc32)C[C@H]2CC[C@@H](C1)N2Cc1ccc(Cl)c(Cl)c1. The van der Waals surface area contributed by atoms with Crippen molar-refractivity contribution in [1.82, 2.24) is 14.5 Å². The van der Waals surface area contributed by atoms with Gasteiger partial charge in [0.25, 0.3) is 0 Å². The molecule has 0 radical (unpaired) electrons. The molecule has 146 valence electrons. The van der Waals surface area contributed by atoms with Gasteiger partial charge in [-0.3, -0.25) is 9.88 Å². The Morgan fingerprint density at radius 1 is 1.07 bits per heavy atom. The number of benzene rings is 1. The van der Waals surface area contributed by atoms with Gasteiger partial charge in [0.2, 0.25) is 0 Å². The number of rotatable bonds is 4. The summed E-state index contributed by atoms with van der Waals surface area (Å²) in [5.74, 6) is 0. The standard InChI is InChI=1S/C22H23Cl2N3O/c23-19-4-1-15(9-20(19)24)13-27-17-2-3-18(27)11-22(28,10-17)14-26-8-6-16-5-7-25-12-21(16)26/h1,4-9,12,17-18,28H,2-3,10-11,13-14H2/t17-,18+,22?. The van der Waals surface area contributed by atoms with E-state index in [9.17, 15) is 5.11 Å². The van der Waals surface area contributed by atoms with Crippen molar-refractivity contribution in [3.05, 3.63) is 64.5 Å². The molecule has 2 saturated heterocycles. The number of hydrogen-bond donors (Lipinski definition) is 1. The second-order valence-corrected chi connectivity index (χ2v) is 9.13. The molecule has 2 bridgehead atoms. The van der Waals surface area contributed by atoms with Gasteiger partial charge in [0.1, 0.15) is 0 Å². The summed E-state index contributed by atoms with van der Waals surface area (Å²) in [6, 6.07) is 10.8. The van der Waals surface area contributed by atoms with Crippen molar-refractivity contribution < 1.29 is 5.11 Å². The summed E-state index contributed by atoms with van der Waals surface area (Å²) in [5, 5.41) is 13.8. The highest BCUT2D eigenvalue weighted by molar-refractivity contribution is 6.42. The normalized spacial score (nSPS) is 27.5. The number of aromatic nitrogens is 2. The van der Waals surface area contributed by atoms with Gasteiger partial charge in [-0.2, -0.15) is 0 Å². The van der Waals surface area contributed by atoms with Crippen molar-refractivity contribution >= 4 is 34.1 Å². The van der Waals surface area contributed by atoms with Crippen molar-refractivity contribution in [3.8, 4) is 0 Å². The van der Waals surface area contributed by atoms with Crippen LogP contribution < -0.4 is 0 Å². The lowest BCUT2D eigenvalue weighted by Crippen LogP contribution is -2.52. The predicted molar refractivity (Wildman–Crippen MR) is 113 cm³/mol. The van der Waals surface area contributed by atoms with E-state index in [4.69, 9.17) is 23.2 Å². The first-order valence-corrected chi connectivity index (χ1v) is 10.6. The third kappa shape index (κ3) is 3.33. The van der Waals surface area contributed by atoms with Gasteiger partial charge < -0.3 is 9.67 Å². The summed E-state index contributed by atoms with van der Waals surface area (Å²) < 4.78 is 2.15. The van der Waals surface area contributed by atoms with E-state index in [1.54, 1.807) is 0 Å². The van der Waals surface area contributed by atoms with Crippen molar-refractivity contribution in [2.24, 2.45) is 0 Å². The number of piperidine rings is 1. The minimum Gasteiger partial charge on any atom is -0.388 e. The number of hydrogen-bond acceptors (Lipinski definition) is 3. The van der Waals surface area contributed by atoms with Gasteiger partial charge >= 0.3 is 0 Å². The predicted octanol–water partition coefficient (Wildman–Crippen LogP) is 4.90. The average molecular weight is 416 g/mol. The van der Waals surface area contributed by atoms with Gasteiger partial charge in [-0.25, -0.2) is 0 Å². The molecular weight excluding hydrogens is 393 g/mol. The summed E-state index contributed by atoms with van der Waals surface area (Å²) >= 11 is 12.2. The molecule has 1 aromatic carbocycles. The van der Waals surface area contributed by atoms with E-state index in [1.807, 2.05) is 36.7 Å². The fourth-order valence-corrected chi connectivity index (χ4v) is 5.45. The minimum atomic E-state index is -0.679. The molecule has 28 heavy (non-hydrogen) atoms. The van der Waals surface area contributed by atoms with Gasteiger partial charge in [0.05, 0.1) is 33.9 Å². The molecule has 0 amide bonds. The molecule has 2 aliphatic heterocycles. The second kappa shape index (κ2) is 7.03. The fourth-order valence-electron chi connectivity index (χ4n) is 5.13. The Morgan fingerprint density at radius 2 is 1.86 bits per heavy atom. The van der Waals surface area contributed by atoms with E-state index in [1.165, 1.54) is 10.9 Å². The Bertz CT molecular complexity index is 1000. The zero-order chi connectivity index (χ0) is 19.3. The van der Waals surface area contributed by atoms with E-state index >= 15 is 0 Å². The van der Waals surface area contributed by atoms with Crippen molar-refractivity contribution in [2.75, 3.05) is 0 Å². The third-order valence-corrected chi connectivity index (χ3v) is 7.13. The number of aliphatic hydroxyl groups is 1. The monoisotopic (exact) mass is 415 g/mol. The van der Waals surface area contributed by atoms with Gasteiger partial charge in [-0.15, -0.1) is 0 Å². The summed E-state index contributed by atoms with van der Waals surface area (Å²) in [7, 11) is 0. The third-order valence-electron chi connectivity index (χ3n) is 6.39. The van der Waals surface area contributed by atoms with Crippen molar-refractivity contribution in [2.45, 2.75) is 56.5 Å². The average Bonchev–Trinajstić information content (AvgIpc) is 3.17. The summed E-state index contributed by atoms with van der Waals surface area (Å²) in [6.07, 6.45) is 9.63. The Labute approximate surface area is 174 Å². The van der Waals surface area contributed by atoms with Crippen LogP contribution >= 0.6 is 23.2 Å². The van der Waals surface area contributed by atoms with Crippen LogP contribution in [-0.2, 0) is 13.1 Å². The lowest BCUT2D eigenvalue weighted by molar-refractivity contribution is -0.0644. The van der Waals surface area contributed by atoms with Gasteiger partial charge in [0.15, 0.2) is 0 Å². The second-order valence-electron chi connectivity index (χ2n) is 8.32. The maximum absolute atomic E-state index is 11.4. The van der Waals surface area contributed by atoms with E-state index in [2.05, 4.69) is 26.7 Å². The maximum Gasteiger partial charge on any atom is 0.0855 e. The molecule has 0 spiro atoms. The summed E-state index contributed by atoms with van der Waals surface area (Å²) in [5.41, 5.74) is 1.59. The molecule has 4 heterocycles. The van der Waals surface area contributed by atoms with E-state index in [0.29, 0.717) is 28.7 Å². The molecule has 2 aromatic heterocycles. The summed E-state index contributed by atoms with van der Waals surface area (Å²) in [4.78, 5) is 6.79. The van der Waals surface area contributed by atoms with E-state index in [-0.39, 0.29) is 0 Å². The fraction of sp³-hybridized carbons (Fsp3) is 0.409. The first kappa shape index (κ1) is 18.4. The van der Waals surface area contributed by atoms with Crippen LogP contribution in [0.25, 0.3) is 10.9 Å². The minimum absolute atomic E-state index is 0.401. The zero-order valence-corrected chi connectivity index (χ0v) is 17.1. The van der Waals surface area contributed by atoms with Gasteiger partial charge in [-0.05, 0) is 55.5 Å². The lowest BCUT2D eigenvalue weighted by Gasteiger charge is -2.44. The number of nitrogens with zero attached hydrogens (tertiary/aromatic N) is 3. The first-order valence-electron chi connectivity index (χ1n) is 9.82. The van der Waals surface area contributed by atoms with Crippen LogP contribution in [0.2, 0.25) is 10.0 Å². The number of fused-ring (bicyclic) bond motifs is 3. The van der Waals surface area contributed by atoms with Crippen LogP contribution in [0.15, 0.2) is 48.9 Å². The Balaban J connectivity index is 1.33. The quantitative estimate of drug-likeness (QED) is 0.658. The smallest absolute Gasteiger partial charge is 0.0855 e. The molecule has 0 saturated carbocycles. The molecule has 3 atom stereocenters. The molecular formula is C22H23Cl2N3O. The van der Waals surface area contributed by atoms with Crippen LogP contribution in [0.1, 0.15) is 31.2 Å². The highest BCUT2D eigenvalue weighted by Crippen LogP contribution is 2.43. The van der Waals surface area contributed by atoms with Crippen LogP contribution in [0.3, 0.4) is 0 Å². The van der Waals surface area contributed by atoms with Gasteiger partial charge in [-0.1, -0.05) is 29.3 Å². The maximum atomic E-state index is 11.4. The van der Waals surface area contributed by atoms with Crippen LogP contribution in [0, 0.1) is 0 Å².